The van der Waals surface area contributed by atoms with Crippen LogP contribution in [-0.4, -0.2) is 24.2 Å². The van der Waals surface area contributed by atoms with Crippen LogP contribution in [0.4, 0.5) is 0 Å². The standard InChI is InChI=1S/C20H26N4O4/c25-19(23-21-15-17-9-7-13-27-17)11-5-3-1-2-4-6-12-20(26)24-22-16-18-10-8-14-28-18/h7-10,13-16H,1-6,11-12H2,(H,23,25)(H,24,26)/b21-15-,22-16-. The Bertz CT molecular complexity index is 672. The van der Waals surface area contributed by atoms with Gasteiger partial charge in [-0.25, -0.2) is 10.9 Å². The number of amides is 2. The molecular weight excluding hydrogens is 360 g/mol. The molecule has 2 aromatic rings. The average molecular weight is 386 g/mol. The van der Waals surface area contributed by atoms with Crippen LogP contribution in [0.25, 0.3) is 0 Å². The van der Waals surface area contributed by atoms with Crippen LogP contribution in [0.1, 0.15) is 62.9 Å². The molecular formula is C20H26N4O4. The van der Waals surface area contributed by atoms with Gasteiger partial charge in [-0.1, -0.05) is 25.7 Å². The molecule has 28 heavy (non-hydrogen) atoms. The summed E-state index contributed by atoms with van der Waals surface area (Å²) in [5.41, 5.74) is 4.96. The zero-order valence-electron chi connectivity index (χ0n) is 15.8. The largest absolute Gasteiger partial charge is 0.463 e. The molecule has 0 bridgehead atoms. The quantitative estimate of drug-likeness (QED) is 0.311. The van der Waals surface area contributed by atoms with E-state index < -0.39 is 0 Å². The van der Waals surface area contributed by atoms with Crippen molar-refractivity contribution in [1.29, 1.82) is 0 Å². The van der Waals surface area contributed by atoms with Crippen LogP contribution in [0.3, 0.4) is 0 Å². The Labute approximate surface area is 164 Å². The molecule has 8 nitrogen and oxygen atoms in total. The second-order valence-electron chi connectivity index (χ2n) is 6.24. The lowest BCUT2D eigenvalue weighted by atomic mass is 10.1. The first kappa shape index (κ1) is 21.1. The Hall–Kier alpha value is -3.16. The van der Waals surface area contributed by atoms with Gasteiger partial charge in [0.2, 0.25) is 11.8 Å². The molecule has 2 aromatic heterocycles. The van der Waals surface area contributed by atoms with Crippen LogP contribution in [0.5, 0.6) is 0 Å². The summed E-state index contributed by atoms with van der Waals surface area (Å²) in [5.74, 6) is 0.987. The molecule has 0 aromatic carbocycles. The number of carbonyl (C=O) groups is 2. The van der Waals surface area contributed by atoms with E-state index >= 15 is 0 Å². The normalized spacial score (nSPS) is 11.3. The molecule has 2 N–H and O–H groups in total. The summed E-state index contributed by atoms with van der Waals surface area (Å²) in [6.45, 7) is 0. The summed E-state index contributed by atoms with van der Waals surface area (Å²) in [5, 5.41) is 7.67. The maximum atomic E-state index is 11.6. The van der Waals surface area contributed by atoms with E-state index in [0.717, 1.165) is 38.5 Å². The molecule has 150 valence electrons. The molecule has 0 atom stereocenters. The number of hydrazone groups is 2. The van der Waals surface area contributed by atoms with Gasteiger partial charge >= 0.3 is 0 Å². The summed E-state index contributed by atoms with van der Waals surface area (Å²) >= 11 is 0. The third-order valence-electron chi connectivity index (χ3n) is 3.91. The number of nitrogens with zero attached hydrogens (tertiary/aromatic N) is 2. The van der Waals surface area contributed by atoms with Crippen molar-refractivity contribution in [3.8, 4) is 0 Å². The highest BCUT2D eigenvalue weighted by Gasteiger charge is 2.01. The summed E-state index contributed by atoms with van der Waals surface area (Å²) < 4.78 is 10.1. The fourth-order valence-corrected chi connectivity index (χ4v) is 2.46. The third kappa shape index (κ3) is 9.51. The predicted molar refractivity (Wildman–Crippen MR) is 106 cm³/mol. The fraction of sp³-hybridized carbons (Fsp3) is 0.400. The van der Waals surface area contributed by atoms with Gasteiger partial charge in [-0.15, -0.1) is 0 Å². The smallest absolute Gasteiger partial charge is 0.240 e. The Balaban J connectivity index is 1.39. The molecule has 2 amide bonds. The number of nitrogens with one attached hydrogen (secondary N) is 2. The van der Waals surface area contributed by atoms with Crippen LogP contribution in [0, 0.1) is 0 Å². The highest BCUT2D eigenvalue weighted by Crippen LogP contribution is 2.08. The number of hydrogen-bond donors (Lipinski definition) is 2. The zero-order chi connectivity index (χ0) is 19.9. The minimum atomic E-state index is -0.102. The van der Waals surface area contributed by atoms with Crippen molar-refractivity contribution < 1.29 is 18.4 Å². The van der Waals surface area contributed by atoms with Crippen molar-refractivity contribution in [3.05, 3.63) is 48.3 Å². The molecule has 0 aliphatic heterocycles. The topological polar surface area (TPSA) is 109 Å². The first-order valence-electron chi connectivity index (χ1n) is 9.45. The molecule has 0 unspecified atom stereocenters. The van der Waals surface area contributed by atoms with Gasteiger partial charge < -0.3 is 8.83 Å². The highest BCUT2D eigenvalue weighted by atomic mass is 16.3. The van der Waals surface area contributed by atoms with Gasteiger partial charge in [0.25, 0.3) is 0 Å². The third-order valence-corrected chi connectivity index (χ3v) is 3.91. The Kier molecular flexibility index (Phi) is 9.87. The van der Waals surface area contributed by atoms with Crippen molar-refractivity contribution >= 4 is 24.2 Å². The van der Waals surface area contributed by atoms with Crippen molar-refractivity contribution in [3.63, 3.8) is 0 Å². The summed E-state index contributed by atoms with van der Waals surface area (Å²) in [6, 6.07) is 7.03. The molecule has 0 aliphatic rings. The first-order chi connectivity index (χ1) is 13.7. The summed E-state index contributed by atoms with van der Waals surface area (Å²) in [4.78, 5) is 23.3. The van der Waals surface area contributed by atoms with Crippen LogP contribution in [0.15, 0.2) is 55.8 Å². The van der Waals surface area contributed by atoms with E-state index in [9.17, 15) is 9.59 Å². The molecule has 2 rings (SSSR count). The van der Waals surface area contributed by atoms with Gasteiger partial charge in [-0.3, -0.25) is 9.59 Å². The minimum absolute atomic E-state index is 0.102. The maximum Gasteiger partial charge on any atom is 0.240 e. The molecule has 8 heteroatoms. The molecule has 0 aliphatic carbocycles. The lowest BCUT2D eigenvalue weighted by Gasteiger charge is -2.02. The van der Waals surface area contributed by atoms with Crippen LogP contribution in [0.2, 0.25) is 0 Å². The maximum absolute atomic E-state index is 11.6. The van der Waals surface area contributed by atoms with Gasteiger partial charge in [-0.2, -0.15) is 10.2 Å². The van der Waals surface area contributed by atoms with E-state index in [1.807, 2.05) is 0 Å². The van der Waals surface area contributed by atoms with Crippen molar-refractivity contribution in [2.75, 3.05) is 0 Å². The van der Waals surface area contributed by atoms with E-state index in [4.69, 9.17) is 8.83 Å². The van der Waals surface area contributed by atoms with Gasteiger partial charge in [-0.05, 0) is 37.1 Å². The first-order valence-corrected chi connectivity index (χ1v) is 9.45. The van der Waals surface area contributed by atoms with Crippen LogP contribution < -0.4 is 10.9 Å². The predicted octanol–water partition coefficient (Wildman–Crippen LogP) is 3.59. The highest BCUT2D eigenvalue weighted by molar-refractivity contribution is 5.80. The lowest BCUT2D eigenvalue weighted by molar-refractivity contribution is -0.122. The van der Waals surface area contributed by atoms with Gasteiger partial charge in [0.1, 0.15) is 11.5 Å². The summed E-state index contributed by atoms with van der Waals surface area (Å²) in [6.07, 6.45) is 12.6. The van der Waals surface area contributed by atoms with Crippen molar-refractivity contribution in [1.82, 2.24) is 10.9 Å². The van der Waals surface area contributed by atoms with Gasteiger partial charge in [0.05, 0.1) is 25.0 Å². The number of carbonyl (C=O) groups excluding carboxylic acids is 2. The molecule has 0 spiro atoms. The number of rotatable bonds is 13. The van der Waals surface area contributed by atoms with Gasteiger partial charge in [0, 0.05) is 12.8 Å². The second-order valence-corrected chi connectivity index (χ2v) is 6.24. The number of furan rings is 2. The Morgan fingerprint density at radius 1 is 0.750 bits per heavy atom. The monoisotopic (exact) mass is 386 g/mol. The lowest BCUT2D eigenvalue weighted by Crippen LogP contribution is -2.17. The molecule has 0 fully saturated rings. The molecule has 0 saturated heterocycles. The van der Waals surface area contributed by atoms with E-state index in [1.54, 1.807) is 36.8 Å². The molecule has 0 saturated carbocycles. The fourth-order valence-electron chi connectivity index (χ4n) is 2.46. The summed E-state index contributed by atoms with van der Waals surface area (Å²) in [7, 11) is 0. The van der Waals surface area contributed by atoms with E-state index in [0.29, 0.717) is 24.4 Å². The number of hydrogen-bond acceptors (Lipinski definition) is 6. The van der Waals surface area contributed by atoms with Crippen LogP contribution >= 0.6 is 0 Å². The van der Waals surface area contributed by atoms with E-state index in [1.165, 1.54) is 12.4 Å². The van der Waals surface area contributed by atoms with Gasteiger partial charge in [0.15, 0.2) is 0 Å². The average Bonchev–Trinajstić information content (AvgIpc) is 3.38. The molecule has 2 heterocycles. The van der Waals surface area contributed by atoms with Crippen LogP contribution in [-0.2, 0) is 9.59 Å². The van der Waals surface area contributed by atoms with E-state index in [-0.39, 0.29) is 11.8 Å². The molecule has 0 radical (unpaired) electrons. The minimum Gasteiger partial charge on any atom is -0.463 e. The van der Waals surface area contributed by atoms with E-state index in [2.05, 4.69) is 21.1 Å². The SMILES string of the molecule is O=C(CCCCCCCCC(=O)N/N=C\c1ccco1)N/N=C\c1ccco1. The number of unbranched alkanes of at least 4 members (excludes halogenated alkanes) is 5. The van der Waals surface area contributed by atoms with Crippen molar-refractivity contribution in [2.45, 2.75) is 51.4 Å². The Morgan fingerprint density at radius 2 is 1.18 bits per heavy atom. The zero-order valence-corrected chi connectivity index (χ0v) is 15.8. The second kappa shape index (κ2) is 13.1. The van der Waals surface area contributed by atoms with Crippen molar-refractivity contribution in [2.24, 2.45) is 10.2 Å². The Morgan fingerprint density at radius 3 is 1.57 bits per heavy atom.